The number of H-pyrrole nitrogens is 1. The van der Waals surface area contributed by atoms with Gasteiger partial charge in [-0.15, -0.1) is 0 Å². The number of fused-ring (bicyclic) bond motifs is 1. The SMILES string of the molecule is CCc1cccc2c(C(CC(=O)NCc3ccco3)c3cccc(OCc4ccccc4)c3)c[nH]c12. The van der Waals surface area contributed by atoms with Crippen molar-refractivity contribution in [3.63, 3.8) is 0 Å². The number of aromatic nitrogens is 1. The van der Waals surface area contributed by atoms with Gasteiger partial charge in [-0.3, -0.25) is 4.79 Å². The zero-order chi connectivity index (χ0) is 24.7. The van der Waals surface area contributed by atoms with Crippen molar-refractivity contribution in [1.82, 2.24) is 10.3 Å². The first-order valence-corrected chi connectivity index (χ1v) is 12.4. The summed E-state index contributed by atoms with van der Waals surface area (Å²) >= 11 is 0. The molecule has 0 aliphatic carbocycles. The summed E-state index contributed by atoms with van der Waals surface area (Å²) in [6.45, 7) is 3.01. The molecule has 5 heteroatoms. The van der Waals surface area contributed by atoms with Crippen LogP contribution in [0.1, 0.15) is 47.3 Å². The number of hydrogen-bond donors (Lipinski definition) is 2. The van der Waals surface area contributed by atoms with Crippen LogP contribution in [0.15, 0.2) is 102 Å². The fourth-order valence-corrected chi connectivity index (χ4v) is 4.65. The van der Waals surface area contributed by atoms with Gasteiger partial charge in [-0.05, 0) is 52.9 Å². The molecule has 2 N–H and O–H groups in total. The molecule has 1 amide bonds. The van der Waals surface area contributed by atoms with Crippen molar-refractivity contribution in [3.8, 4) is 5.75 Å². The maximum atomic E-state index is 13.1. The molecule has 0 spiro atoms. The molecule has 0 bridgehead atoms. The predicted octanol–water partition coefficient (Wildman–Crippen LogP) is 6.74. The van der Waals surface area contributed by atoms with E-state index in [1.807, 2.05) is 60.8 Å². The third kappa shape index (κ3) is 5.36. The van der Waals surface area contributed by atoms with Crippen molar-refractivity contribution in [2.24, 2.45) is 0 Å². The first-order chi connectivity index (χ1) is 17.7. The Morgan fingerprint density at radius 3 is 2.67 bits per heavy atom. The highest BCUT2D eigenvalue weighted by molar-refractivity contribution is 5.88. The summed E-state index contributed by atoms with van der Waals surface area (Å²) < 4.78 is 11.5. The van der Waals surface area contributed by atoms with Crippen LogP contribution < -0.4 is 10.1 Å². The quantitative estimate of drug-likeness (QED) is 0.234. The van der Waals surface area contributed by atoms with E-state index in [4.69, 9.17) is 9.15 Å². The summed E-state index contributed by atoms with van der Waals surface area (Å²) in [7, 11) is 0. The standard InChI is InChI=1S/C31H30N2O3/c1-2-23-11-7-15-27-29(20-33-31(23)27)28(18-30(34)32-19-26-14-8-16-35-26)24-12-6-13-25(17-24)36-21-22-9-4-3-5-10-22/h3-17,20,28,33H,2,18-19,21H2,1H3,(H,32,34). The number of carbonyl (C=O) groups excluding carboxylic acids is 1. The first-order valence-electron chi connectivity index (χ1n) is 12.4. The predicted molar refractivity (Wildman–Crippen MR) is 142 cm³/mol. The summed E-state index contributed by atoms with van der Waals surface area (Å²) in [5, 5.41) is 4.15. The number of amides is 1. The van der Waals surface area contributed by atoms with Crippen LogP contribution in [-0.2, 0) is 24.4 Å². The maximum Gasteiger partial charge on any atom is 0.221 e. The Balaban J connectivity index is 1.43. The molecule has 36 heavy (non-hydrogen) atoms. The molecule has 5 nitrogen and oxygen atoms in total. The number of furan rings is 1. The highest BCUT2D eigenvalue weighted by Gasteiger charge is 2.23. The van der Waals surface area contributed by atoms with Gasteiger partial charge >= 0.3 is 0 Å². The van der Waals surface area contributed by atoms with E-state index in [9.17, 15) is 4.79 Å². The molecular weight excluding hydrogens is 448 g/mol. The summed E-state index contributed by atoms with van der Waals surface area (Å²) in [4.78, 5) is 16.5. The average molecular weight is 479 g/mol. The third-order valence-electron chi connectivity index (χ3n) is 6.53. The number of aromatic amines is 1. The smallest absolute Gasteiger partial charge is 0.221 e. The van der Waals surface area contributed by atoms with Crippen molar-refractivity contribution < 1.29 is 13.9 Å². The minimum Gasteiger partial charge on any atom is -0.489 e. The van der Waals surface area contributed by atoms with E-state index in [1.54, 1.807) is 6.26 Å². The van der Waals surface area contributed by atoms with Gasteiger partial charge in [0.1, 0.15) is 18.1 Å². The Bertz CT molecular complexity index is 1420. The minimum absolute atomic E-state index is 0.0343. The lowest BCUT2D eigenvalue weighted by Crippen LogP contribution is -2.24. The van der Waals surface area contributed by atoms with Crippen LogP contribution in [-0.4, -0.2) is 10.9 Å². The van der Waals surface area contributed by atoms with Gasteiger partial charge in [-0.1, -0.05) is 67.6 Å². The minimum atomic E-state index is -0.136. The molecule has 1 unspecified atom stereocenters. The zero-order valence-electron chi connectivity index (χ0n) is 20.4. The van der Waals surface area contributed by atoms with Gasteiger partial charge in [0.15, 0.2) is 0 Å². The van der Waals surface area contributed by atoms with E-state index in [-0.39, 0.29) is 11.8 Å². The Morgan fingerprint density at radius 2 is 1.86 bits per heavy atom. The molecule has 182 valence electrons. The molecule has 0 aliphatic rings. The van der Waals surface area contributed by atoms with Gasteiger partial charge in [-0.2, -0.15) is 0 Å². The van der Waals surface area contributed by atoms with Gasteiger partial charge in [-0.25, -0.2) is 0 Å². The van der Waals surface area contributed by atoms with Gasteiger partial charge in [0.05, 0.1) is 12.8 Å². The molecule has 0 aliphatic heterocycles. The third-order valence-corrected chi connectivity index (χ3v) is 6.53. The molecule has 0 saturated heterocycles. The van der Waals surface area contributed by atoms with E-state index in [2.05, 4.69) is 47.6 Å². The molecule has 0 radical (unpaired) electrons. The monoisotopic (exact) mass is 478 g/mol. The fourth-order valence-electron chi connectivity index (χ4n) is 4.65. The van der Waals surface area contributed by atoms with E-state index < -0.39 is 0 Å². The lowest BCUT2D eigenvalue weighted by atomic mass is 9.87. The van der Waals surface area contributed by atoms with E-state index in [0.717, 1.165) is 45.5 Å². The summed E-state index contributed by atoms with van der Waals surface area (Å²) in [6, 6.07) is 28.2. The number of para-hydroxylation sites is 1. The first kappa shape index (κ1) is 23.5. The molecule has 5 aromatic rings. The second-order valence-corrected chi connectivity index (χ2v) is 8.90. The molecule has 1 atom stereocenters. The van der Waals surface area contributed by atoms with Crippen molar-refractivity contribution in [2.45, 2.75) is 38.8 Å². The lowest BCUT2D eigenvalue weighted by molar-refractivity contribution is -0.121. The van der Waals surface area contributed by atoms with Crippen molar-refractivity contribution >= 4 is 16.8 Å². The molecule has 3 aromatic carbocycles. The summed E-state index contributed by atoms with van der Waals surface area (Å²) in [5.74, 6) is 1.35. The molecule has 2 heterocycles. The van der Waals surface area contributed by atoms with Crippen LogP contribution in [0, 0.1) is 0 Å². The largest absolute Gasteiger partial charge is 0.489 e. The van der Waals surface area contributed by atoms with Gasteiger partial charge in [0.2, 0.25) is 5.91 Å². The zero-order valence-corrected chi connectivity index (χ0v) is 20.4. The molecule has 0 saturated carbocycles. The van der Waals surface area contributed by atoms with Gasteiger partial charge < -0.3 is 19.5 Å². The van der Waals surface area contributed by atoms with Crippen molar-refractivity contribution in [1.29, 1.82) is 0 Å². The molecule has 5 rings (SSSR count). The van der Waals surface area contributed by atoms with Gasteiger partial charge in [0.25, 0.3) is 0 Å². The topological polar surface area (TPSA) is 67.3 Å². The highest BCUT2D eigenvalue weighted by atomic mass is 16.5. The number of benzene rings is 3. The maximum absolute atomic E-state index is 13.1. The van der Waals surface area contributed by atoms with E-state index in [0.29, 0.717) is 19.6 Å². The number of hydrogen-bond acceptors (Lipinski definition) is 3. The lowest BCUT2D eigenvalue weighted by Gasteiger charge is -2.18. The van der Waals surface area contributed by atoms with Gasteiger partial charge in [0, 0.05) is 29.4 Å². The van der Waals surface area contributed by atoms with E-state index >= 15 is 0 Å². The van der Waals surface area contributed by atoms with Crippen LogP contribution >= 0.6 is 0 Å². The number of nitrogens with one attached hydrogen (secondary N) is 2. The van der Waals surface area contributed by atoms with Crippen molar-refractivity contribution in [2.75, 3.05) is 0 Å². The number of carbonyl (C=O) groups is 1. The number of rotatable bonds is 10. The normalized spacial score (nSPS) is 11.9. The Kier molecular flexibility index (Phi) is 7.17. The van der Waals surface area contributed by atoms with E-state index in [1.165, 1.54) is 5.56 Å². The second kappa shape index (κ2) is 11.0. The average Bonchev–Trinajstić information content (AvgIpc) is 3.60. The van der Waals surface area contributed by atoms with Crippen LogP contribution in [0.2, 0.25) is 0 Å². The highest BCUT2D eigenvalue weighted by Crippen LogP contribution is 2.36. The molecule has 2 aromatic heterocycles. The van der Waals surface area contributed by atoms with Crippen LogP contribution in [0.25, 0.3) is 10.9 Å². The number of ether oxygens (including phenoxy) is 1. The van der Waals surface area contributed by atoms with Crippen molar-refractivity contribution in [3.05, 3.63) is 125 Å². The van der Waals surface area contributed by atoms with Crippen LogP contribution in [0.3, 0.4) is 0 Å². The van der Waals surface area contributed by atoms with Crippen LogP contribution in [0.4, 0.5) is 0 Å². The Morgan fingerprint density at radius 1 is 1.00 bits per heavy atom. The Hall–Kier alpha value is -4.25. The summed E-state index contributed by atoms with van der Waals surface area (Å²) in [5.41, 5.74) is 5.65. The Labute approximate surface area is 211 Å². The van der Waals surface area contributed by atoms with Crippen LogP contribution in [0.5, 0.6) is 5.75 Å². The summed E-state index contributed by atoms with van der Waals surface area (Å²) in [6.07, 6.45) is 4.91. The fraction of sp³-hybridized carbons (Fsp3) is 0.194. The second-order valence-electron chi connectivity index (χ2n) is 8.90. The molecular formula is C31H30N2O3. The number of aryl methyl sites for hydroxylation is 1. The molecule has 0 fully saturated rings.